The first-order valence-electron chi connectivity index (χ1n) is 5.96. The van der Waals surface area contributed by atoms with E-state index in [0.29, 0.717) is 6.42 Å². The summed E-state index contributed by atoms with van der Waals surface area (Å²) in [6.45, 7) is 4.60. The Morgan fingerprint density at radius 1 is 1.47 bits per heavy atom. The number of hydrogen-bond acceptors (Lipinski definition) is 2. The zero-order valence-electron chi connectivity index (χ0n) is 10.7. The van der Waals surface area contributed by atoms with Gasteiger partial charge in [-0.3, -0.25) is 4.79 Å². The van der Waals surface area contributed by atoms with Gasteiger partial charge in [0, 0.05) is 19.3 Å². The minimum atomic E-state index is -0.744. The molecule has 17 heavy (non-hydrogen) atoms. The molecule has 0 saturated carbocycles. The second-order valence-electron chi connectivity index (χ2n) is 5.50. The average molecular weight is 233 g/mol. The van der Waals surface area contributed by atoms with Crippen LogP contribution >= 0.6 is 0 Å². The Bertz CT molecular complexity index is 452. The molecule has 2 rings (SSSR count). The molecular weight excluding hydrogens is 214 g/mol. The van der Waals surface area contributed by atoms with E-state index < -0.39 is 11.4 Å². The van der Waals surface area contributed by atoms with Crippen LogP contribution in [-0.2, 0) is 17.6 Å². The predicted octanol–water partition coefficient (Wildman–Crippen LogP) is 2.33. The van der Waals surface area contributed by atoms with Crippen molar-refractivity contribution in [2.24, 2.45) is 5.41 Å². The molecule has 0 aromatic heterocycles. The smallest absolute Gasteiger partial charge is 0.309 e. The van der Waals surface area contributed by atoms with E-state index in [1.807, 2.05) is 0 Å². The Labute approximate surface area is 102 Å². The van der Waals surface area contributed by atoms with Gasteiger partial charge in [-0.15, -0.1) is 0 Å². The van der Waals surface area contributed by atoms with E-state index in [4.69, 9.17) is 5.11 Å². The lowest BCUT2D eigenvalue weighted by molar-refractivity contribution is -0.146. The van der Waals surface area contributed by atoms with Gasteiger partial charge in [0.15, 0.2) is 0 Å². The van der Waals surface area contributed by atoms with Gasteiger partial charge in [-0.05, 0) is 43.9 Å². The molecule has 0 aliphatic carbocycles. The zero-order valence-corrected chi connectivity index (χ0v) is 10.7. The molecule has 0 atom stereocenters. The molecule has 1 aromatic rings. The molecule has 0 spiro atoms. The van der Waals surface area contributed by atoms with Crippen LogP contribution in [0.5, 0.6) is 0 Å². The Morgan fingerprint density at radius 3 is 2.82 bits per heavy atom. The van der Waals surface area contributed by atoms with E-state index in [2.05, 4.69) is 30.1 Å². The normalized spacial score (nSPS) is 14.9. The Balaban J connectivity index is 2.24. The van der Waals surface area contributed by atoms with E-state index in [1.54, 1.807) is 13.8 Å². The monoisotopic (exact) mass is 233 g/mol. The average Bonchev–Trinajstić information content (AvgIpc) is 2.60. The molecule has 1 heterocycles. The molecule has 0 amide bonds. The summed E-state index contributed by atoms with van der Waals surface area (Å²) in [5.74, 6) is -0.744. The topological polar surface area (TPSA) is 40.5 Å². The lowest BCUT2D eigenvalue weighted by Crippen LogP contribution is -2.26. The molecule has 0 unspecified atom stereocenters. The van der Waals surface area contributed by atoms with E-state index in [9.17, 15) is 4.79 Å². The lowest BCUT2D eigenvalue weighted by atomic mass is 9.85. The van der Waals surface area contributed by atoms with Crippen molar-refractivity contribution in [3.63, 3.8) is 0 Å². The molecule has 0 radical (unpaired) electrons. The summed E-state index contributed by atoms with van der Waals surface area (Å²) < 4.78 is 0. The third-order valence-corrected chi connectivity index (χ3v) is 3.50. The zero-order chi connectivity index (χ0) is 12.6. The number of carbonyl (C=O) groups is 1. The van der Waals surface area contributed by atoms with Crippen molar-refractivity contribution in [2.45, 2.75) is 26.7 Å². The highest BCUT2D eigenvalue weighted by atomic mass is 16.4. The Morgan fingerprint density at radius 2 is 2.18 bits per heavy atom. The first-order valence-corrected chi connectivity index (χ1v) is 5.96. The Hall–Kier alpha value is -1.51. The highest BCUT2D eigenvalue weighted by molar-refractivity contribution is 5.74. The third kappa shape index (κ3) is 2.28. The summed E-state index contributed by atoms with van der Waals surface area (Å²) in [6, 6.07) is 6.32. The van der Waals surface area contributed by atoms with E-state index in [-0.39, 0.29) is 0 Å². The summed E-state index contributed by atoms with van der Waals surface area (Å²) >= 11 is 0. The maximum absolute atomic E-state index is 11.1. The summed E-state index contributed by atoms with van der Waals surface area (Å²) in [5.41, 5.74) is 3.02. The molecule has 0 fully saturated rings. The number of carboxylic acid groups (broad SMARTS) is 1. The van der Waals surface area contributed by atoms with Crippen molar-refractivity contribution in [3.8, 4) is 0 Å². The number of fused-ring (bicyclic) bond motifs is 1. The quantitative estimate of drug-likeness (QED) is 0.871. The number of aliphatic carboxylic acids is 1. The summed E-state index contributed by atoms with van der Waals surface area (Å²) in [5, 5.41) is 9.14. The van der Waals surface area contributed by atoms with Gasteiger partial charge < -0.3 is 10.0 Å². The van der Waals surface area contributed by atoms with Crippen LogP contribution in [0.15, 0.2) is 18.2 Å². The van der Waals surface area contributed by atoms with Crippen molar-refractivity contribution < 1.29 is 9.90 Å². The Kier molecular flexibility index (Phi) is 2.86. The number of benzene rings is 1. The molecule has 3 heteroatoms. The van der Waals surface area contributed by atoms with E-state index >= 15 is 0 Å². The van der Waals surface area contributed by atoms with E-state index in [0.717, 1.165) is 18.5 Å². The van der Waals surface area contributed by atoms with Gasteiger partial charge in [0.2, 0.25) is 0 Å². The maximum atomic E-state index is 11.1. The fourth-order valence-electron chi connectivity index (χ4n) is 2.28. The maximum Gasteiger partial charge on any atom is 0.309 e. The highest BCUT2D eigenvalue weighted by Gasteiger charge is 2.28. The van der Waals surface area contributed by atoms with Crippen LogP contribution in [0.3, 0.4) is 0 Å². The van der Waals surface area contributed by atoms with Crippen molar-refractivity contribution in [3.05, 3.63) is 29.3 Å². The van der Waals surface area contributed by atoms with Crippen molar-refractivity contribution in [1.29, 1.82) is 0 Å². The van der Waals surface area contributed by atoms with Crippen LogP contribution in [0.4, 0.5) is 5.69 Å². The fraction of sp³-hybridized carbons (Fsp3) is 0.500. The molecule has 1 aromatic carbocycles. The molecule has 3 nitrogen and oxygen atoms in total. The summed E-state index contributed by atoms with van der Waals surface area (Å²) in [4.78, 5) is 13.3. The van der Waals surface area contributed by atoms with Crippen LogP contribution in [0.25, 0.3) is 0 Å². The minimum Gasteiger partial charge on any atom is -0.481 e. The van der Waals surface area contributed by atoms with Crippen molar-refractivity contribution in [2.75, 3.05) is 18.5 Å². The molecule has 0 bridgehead atoms. The second-order valence-corrected chi connectivity index (χ2v) is 5.50. The third-order valence-electron chi connectivity index (χ3n) is 3.50. The molecule has 92 valence electrons. The van der Waals surface area contributed by atoms with E-state index in [1.165, 1.54) is 11.3 Å². The molecule has 0 saturated heterocycles. The van der Waals surface area contributed by atoms with Crippen LogP contribution in [0.1, 0.15) is 25.0 Å². The predicted molar refractivity (Wildman–Crippen MR) is 68.5 cm³/mol. The molecule has 1 N–H and O–H groups in total. The number of likely N-dealkylation sites (N-methyl/N-ethyl adjacent to an activating group) is 1. The first kappa shape index (κ1) is 12.0. The standard InChI is InChI=1S/C14H19NO2/c1-14(2,13(16)17)9-10-4-5-11-6-7-15(3)12(11)8-10/h4-5,8H,6-7,9H2,1-3H3,(H,16,17). The van der Waals surface area contributed by atoms with Gasteiger partial charge in [0.05, 0.1) is 5.41 Å². The minimum absolute atomic E-state index is 0.573. The van der Waals surface area contributed by atoms with Gasteiger partial charge >= 0.3 is 5.97 Å². The largest absolute Gasteiger partial charge is 0.481 e. The number of nitrogens with zero attached hydrogens (tertiary/aromatic N) is 1. The highest BCUT2D eigenvalue weighted by Crippen LogP contribution is 2.30. The van der Waals surface area contributed by atoms with Crippen LogP contribution in [-0.4, -0.2) is 24.7 Å². The van der Waals surface area contributed by atoms with Crippen molar-refractivity contribution in [1.82, 2.24) is 0 Å². The fourth-order valence-corrected chi connectivity index (χ4v) is 2.28. The van der Waals surface area contributed by atoms with Gasteiger partial charge in [-0.2, -0.15) is 0 Å². The number of rotatable bonds is 3. The molecule has 1 aliphatic heterocycles. The summed E-state index contributed by atoms with van der Waals surface area (Å²) in [6.07, 6.45) is 1.66. The number of carboxylic acids is 1. The second kappa shape index (κ2) is 4.06. The summed E-state index contributed by atoms with van der Waals surface area (Å²) in [7, 11) is 2.08. The molecule has 1 aliphatic rings. The van der Waals surface area contributed by atoms with Gasteiger partial charge in [-0.25, -0.2) is 0 Å². The SMILES string of the molecule is CN1CCc2ccc(CC(C)(C)C(=O)O)cc21. The van der Waals surface area contributed by atoms with Crippen LogP contribution < -0.4 is 4.90 Å². The lowest BCUT2D eigenvalue weighted by Gasteiger charge is -2.20. The van der Waals surface area contributed by atoms with Crippen LogP contribution in [0.2, 0.25) is 0 Å². The van der Waals surface area contributed by atoms with Crippen LogP contribution in [0, 0.1) is 5.41 Å². The van der Waals surface area contributed by atoms with Crippen molar-refractivity contribution >= 4 is 11.7 Å². The first-order chi connectivity index (χ1) is 7.90. The number of hydrogen-bond donors (Lipinski definition) is 1. The van der Waals surface area contributed by atoms with Gasteiger partial charge in [0.1, 0.15) is 0 Å². The number of anilines is 1. The molecular formula is C14H19NO2. The van der Waals surface area contributed by atoms with Gasteiger partial charge in [0.25, 0.3) is 0 Å². The van der Waals surface area contributed by atoms with Gasteiger partial charge in [-0.1, -0.05) is 12.1 Å².